The lowest BCUT2D eigenvalue weighted by molar-refractivity contribution is 0.0702. The fourth-order valence-electron chi connectivity index (χ4n) is 4.60. The standard InChI is InChI=1S/C24H32ClNO4S/c1-2-3-4-7-19(27)15-9-11-16(12-10-15)23-17(18(25)13-20(23)28)6-5-8-22-26-14-21(31-22)24(29)30/h9-12,14,17-20,23,27-28H,2-8,13H2,1H3,(H,29,30)/t17-,18+,19?,20+,23?/m0/s1. The van der Waals surface area contributed by atoms with E-state index in [1.54, 1.807) is 0 Å². The first-order chi connectivity index (χ1) is 14.9. The van der Waals surface area contributed by atoms with E-state index in [0.29, 0.717) is 12.8 Å². The molecule has 0 radical (unpaired) electrons. The van der Waals surface area contributed by atoms with E-state index in [-0.39, 0.29) is 22.1 Å². The van der Waals surface area contributed by atoms with Gasteiger partial charge in [-0.25, -0.2) is 9.78 Å². The van der Waals surface area contributed by atoms with Crippen LogP contribution in [0.15, 0.2) is 30.5 Å². The number of carbonyl (C=O) groups is 1. The molecule has 170 valence electrons. The van der Waals surface area contributed by atoms with Gasteiger partial charge in [0.2, 0.25) is 0 Å². The zero-order chi connectivity index (χ0) is 22.4. The summed E-state index contributed by atoms with van der Waals surface area (Å²) in [6.45, 7) is 2.15. The molecular formula is C24H32ClNO4S. The van der Waals surface area contributed by atoms with Gasteiger partial charge < -0.3 is 15.3 Å². The largest absolute Gasteiger partial charge is 0.477 e. The van der Waals surface area contributed by atoms with Crippen LogP contribution in [0.2, 0.25) is 0 Å². The number of alkyl halides is 1. The number of aryl methyl sites for hydroxylation is 1. The highest BCUT2D eigenvalue weighted by molar-refractivity contribution is 7.13. The Labute approximate surface area is 193 Å². The van der Waals surface area contributed by atoms with E-state index in [1.807, 2.05) is 24.3 Å². The van der Waals surface area contributed by atoms with Gasteiger partial charge in [-0.05, 0) is 49.1 Å². The Bertz CT molecular complexity index is 840. The maximum absolute atomic E-state index is 11.0. The number of unbranched alkanes of at least 4 members (excludes halogenated alkanes) is 2. The molecule has 2 unspecified atom stereocenters. The Hall–Kier alpha value is -1.47. The Kier molecular flexibility index (Phi) is 8.90. The summed E-state index contributed by atoms with van der Waals surface area (Å²) in [5.41, 5.74) is 1.98. The molecule has 1 aromatic heterocycles. The summed E-state index contributed by atoms with van der Waals surface area (Å²) in [5, 5.41) is 30.8. The fourth-order valence-corrected chi connectivity index (χ4v) is 5.86. The second-order valence-electron chi connectivity index (χ2n) is 8.50. The van der Waals surface area contributed by atoms with Gasteiger partial charge in [0.25, 0.3) is 0 Å². The zero-order valence-corrected chi connectivity index (χ0v) is 19.5. The Morgan fingerprint density at radius 2 is 2.00 bits per heavy atom. The minimum Gasteiger partial charge on any atom is -0.477 e. The van der Waals surface area contributed by atoms with Crippen LogP contribution in [0.25, 0.3) is 0 Å². The van der Waals surface area contributed by atoms with Crippen molar-refractivity contribution in [2.24, 2.45) is 5.92 Å². The summed E-state index contributed by atoms with van der Waals surface area (Å²) >= 11 is 7.82. The minimum absolute atomic E-state index is 0.0281. The smallest absolute Gasteiger partial charge is 0.347 e. The quantitative estimate of drug-likeness (QED) is 0.299. The average Bonchev–Trinajstić information content (AvgIpc) is 3.33. The normalized spacial score (nSPS) is 24.4. The molecule has 31 heavy (non-hydrogen) atoms. The molecule has 0 aliphatic heterocycles. The van der Waals surface area contributed by atoms with Gasteiger partial charge in [0.15, 0.2) is 0 Å². The summed E-state index contributed by atoms with van der Waals surface area (Å²) in [7, 11) is 0. The molecule has 1 aliphatic carbocycles. The van der Waals surface area contributed by atoms with Crippen LogP contribution < -0.4 is 0 Å². The van der Waals surface area contributed by atoms with Crippen molar-refractivity contribution < 1.29 is 20.1 Å². The summed E-state index contributed by atoms with van der Waals surface area (Å²) in [5.74, 6) is -0.821. The molecule has 2 aromatic rings. The van der Waals surface area contributed by atoms with Crippen LogP contribution in [0.3, 0.4) is 0 Å². The molecule has 5 nitrogen and oxygen atoms in total. The van der Waals surface area contributed by atoms with E-state index in [2.05, 4.69) is 11.9 Å². The maximum Gasteiger partial charge on any atom is 0.347 e. The van der Waals surface area contributed by atoms with Crippen molar-refractivity contribution in [3.05, 3.63) is 51.5 Å². The van der Waals surface area contributed by atoms with Gasteiger partial charge in [0.05, 0.1) is 23.4 Å². The zero-order valence-electron chi connectivity index (χ0n) is 17.9. The first kappa shape index (κ1) is 24.2. The summed E-state index contributed by atoms with van der Waals surface area (Å²) < 4.78 is 0. The molecule has 7 heteroatoms. The third-order valence-corrected chi connectivity index (χ3v) is 7.83. The maximum atomic E-state index is 11.0. The lowest BCUT2D eigenvalue weighted by Gasteiger charge is -2.24. The molecule has 1 aliphatic rings. The van der Waals surface area contributed by atoms with Crippen molar-refractivity contribution in [2.45, 2.75) is 81.8 Å². The highest BCUT2D eigenvalue weighted by atomic mass is 35.5. The predicted molar refractivity (Wildman–Crippen MR) is 124 cm³/mol. The second kappa shape index (κ2) is 11.4. The summed E-state index contributed by atoms with van der Waals surface area (Å²) in [4.78, 5) is 15.5. The molecule has 0 amide bonds. The molecular weight excluding hydrogens is 434 g/mol. The van der Waals surface area contributed by atoms with Gasteiger partial charge in [-0.15, -0.1) is 22.9 Å². The van der Waals surface area contributed by atoms with Crippen molar-refractivity contribution in [3.8, 4) is 0 Å². The lowest BCUT2D eigenvalue weighted by atomic mass is 9.84. The fraction of sp³-hybridized carbons (Fsp3) is 0.583. The van der Waals surface area contributed by atoms with Gasteiger partial charge in [-0.2, -0.15) is 0 Å². The van der Waals surface area contributed by atoms with Gasteiger partial charge in [-0.3, -0.25) is 0 Å². The molecule has 3 rings (SSSR count). The Balaban J connectivity index is 1.61. The number of thiazole rings is 1. The van der Waals surface area contributed by atoms with Gasteiger partial charge in [0, 0.05) is 11.3 Å². The Morgan fingerprint density at radius 3 is 2.65 bits per heavy atom. The van der Waals surface area contributed by atoms with Crippen molar-refractivity contribution in [2.75, 3.05) is 0 Å². The van der Waals surface area contributed by atoms with Crippen LogP contribution in [0, 0.1) is 5.92 Å². The predicted octanol–water partition coefficient (Wildman–Crippen LogP) is 5.55. The minimum atomic E-state index is -0.942. The molecule has 1 heterocycles. The molecule has 1 fully saturated rings. The number of benzene rings is 1. The van der Waals surface area contributed by atoms with Gasteiger partial charge >= 0.3 is 5.97 Å². The number of aromatic nitrogens is 1. The average molecular weight is 466 g/mol. The molecule has 5 atom stereocenters. The first-order valence-electron chi connectivity index (χ1n) is 11.2. The van der Waals surface area contributed by atoms with Crippen LogP contribution >= 0.6 is 22.9 Å². The number of aromatic carboxylic acids is 1. The first-order valence-corrected chi connectivity index (χ1v) is 12.4. The van der Waals surface area contributed by atoms with Gasteiger partial charge in [0.1, 0.15) is 4.88 Å². The number of halogens is 1. The van der Waals surface area contributed by atoms with Crippen LogP contribution in [-0.2, 0) is 6.42 Å². The van der Waals surface area contributed by atoms with Crippen molar-refractivity contribution >= 4 is 28.9 Å². The molecule has 0 bridgehead atoms. The number of rotatable bonds is 11. The van der Waals surface area contributed by atoms with Crippen LogP contribution in [0.5, 0.6) is 0 Å². The number of carboxylic acid groups (broad SMARTS) is 1. The highest BCUT2D eigenvalue weighted by Crippen LogP contribution is 2.45. The molecule has 3 N–H and O–H groups in total. The van der Waals surface area contributed by atoms with Crippen molar-refractivity contribution in [3.63, 3.8) is 0 Å². The molecule has 1 saturated carbocycles. The second-order valence-corrected chi connectivity index (χ2v) is 10.2. The number of hydrogen-bond acceptors (Lipinski definition) is 5. The molecule has 0 spiro atoms. The highest BCUT2D eigenvalue weighted by Gasteiger charge is 2.41. The van der Waals surface area contributed by atoms with E-state index in [9.17, 15) is 15.0 Å². The van der Waals surface area contributed by atoms with Crippen LogP contribution in [0.1, 0.15) is 89.7 Å². The van der Waals surface area contributed by atoms with Crippen molar-refractivity contribution in [1.29, 1.82) is 0 Å². The lowest BCUT2D eigenvalue weighted by Crippen LogP contribution is -2.19. The SMILES string of the molecule is CCCCCC(O)c1ccc(C2[C@H](O)C[C@@H](Cl)[C@@H]2CCCc2ncc(C(=O)O)s2)cc1. The topological polar surface area (TPSA) is 90.7 Å². The number of aliphatic hydroxyl groups is 2. The number of carboxylic acids is 1. The third-order valence-electron chi connectivity index (χ3n) is 6.29. The summed E-state index contributed by atoms with van der Waals surface area (Å²) in [6.07, 6.45) is 7.50. The molecule has 1 aromatic carbocycles. The van der Waals surface area contributed by atoms with E-state index in [0.717, 1.165) is 54.7 Å². The van der Waals surface area contributed by atoms with Crippen LogP contribution in [-0.4, -0.2) is 37.8 Å². The number of hydrogen-bond donors (Lipinski definition) is 3. The van der Waals surface area contributed by atoms with E-state index >= 15 is 0 Å². The number of nitrogens with zero attached hydrogens (tertiary/aromatic N) is 1. The Morgan fingerprint density at radius 1 is 1.26 bits per heavy atom. The third kappa shape index (κ3) is 6.28. The van der Waals surface area contributed by atoms with Gasteiger partial charge in [-0.1, -0.05) is 50.5 Å². The van der Waals surface area contributed by atoms with E-state index < -0.39 is 18.2 Å². The van der Waals surface area contributed by atoms with Crippen molar-refractivity contribution in [1.82, 2.24) is 4.98 Å². The van der Waals surface area contributed by atoms with E-state index in [1.165, 1.54) is 17.5 Å². The van der Waals surface area contributed by atoms with Crippen LogP contribution in [0.4, 0.5) is 0 Å². The molecule has 0 saturated heterocycles. The number of aliphatic hydroxyl groups excluding tert-OH is 2. The summed E-state index contributed by atoms with van der Waals surface area (Å²) in [6, 6.07) is 7.99. The monoisotopic (exact) mass is 465 g/mol. The van der Waals surface area contributed by atoms with E-state index in [4.69, 9.17) is 16.7 Å².